The molecule has 0 aliphatic heterocycles. The fraction of sp³-hybridized carbons (Fsp3) is 0.429. The minimum atomic E-state index is -1.06. The van der Waals surface area contributed by atoms with E-state index >= 15 is 0 Å². The number of amides is 1. The summed E-state index contributed by atoms with van der Waals surface area (Å²) in [4.78, 5) is 22.6. The van der Waals surface area contributed by atoms with E-state index < -0.39 is 16.8 Å². The average molecular weight is 296 g/mol. The zero-order valence-corrected chi connectivity index (χ0v) is 12.4. The maximum atomic E-state index is 11.7. The van der Waals surface area contributed by atoms with Crippen LogP contribution in [-0.2, 0) is 16.1 Å². The largest absolute Gasteiger partial charge is 0.480 e. The number of carboxylic acid groups (broad SMARTS) is 1. The van der Waals surface area contributed by atoms with Crippen molar-refractivity contribution < 1.29 is 14.7 Å². The lowest BCUT2D eigenvalue weighted by atomic mass is 10.1. The Labute approximate surface area is 122 Å². The summed E-state index contributed by atoms with van der Waals surface area (Å²) in [5.74, 6) is -1.02. The van der Waals surface area contributed by atoms with Crippen molar-refractivity contribution >= 4 is 23.6 Å². The molecule has 110 valence electrons. The second-order valence-corrected chi connectivity index (χ2v) is 6.60. The molecule has 0 aliphatic rings. The molecule has 0 saturated carbocycles. The smallest absolute Gasteiger partial charge is 0.321 e. The van der Waals surface area contributed by atoms with Crippen molar-refractivity contribution in [2.75, 3.05) is 5.75 Å². The SMILES string of the molecule is CC(C)(SCC(=O)NCc1ccccc1)[C@H](N)C(=O)O. The first kappa shape index (κ1) is 16.5. The van der Waals surface area contributed by atoms with Crippen LogP contribution in [0.15, 0.2) is 30.3 Å². The molecule has 1 aromatic rings. The normalized spacial score (nSPS) is 12.8. The van der Waals surface area contributed by atoms with Gasteiger partial charge in [0, 0.05) is 11.3 Å². The maximum Gasteiger partial charge on any atom is 0.321 e. The van der Waals surface area contributed by atoms with Gasteiger partial charge < -0.3 is 16.2 Å². The topological polar surface area (TPSA) is 92.4 Å². The zero-order valence-electron chi connectivity index (χ0n) is 11.6. The van der Waals surface area contributed by atoms with E-state index in [1.54, 1.807) is 13.8 Å². The number of thioether (sulfide) groups is 1. The quantitative estimate of drug-likeness (QED) is 0.703. The molecule has 0 fully saturated rings. The van der Waals surface area contributed by atoms with Gasteiger partial charge >= 0.3 is 5.97 Å². The Morgan fingerprint density at radius 3 is 2.50 bits per heavy atom. The summed E-state index contributed by atoms with van der Waals surface area (Å²) >= 11 is 1.24. The summed E-state index contributed by atoms with van der Waals surface area (Å²) < 4.78 is -0.698. The van der Waals surface area contributed by atoms with Gasteiger partial charge in [0.15, 0.2) is 0 Å². The van der Waals surface area contributed by atoms with Gasteiger partial charge in [-0.2, -0.15) is 0 Å². The van der Waals surface area contributed by atoms with Crippen LogP contribution in [0.25, 0.3) is 0 Å². The van der Waals surface area contributed by atoms with E-state index in [1.165, 1.54) is 11.8 Å². The number of nitrogens with two attached hydrogens (primary N) is 1. The highest BCUT2D eigenvalue weighted by Crippen LogP contribution is 2.27. The molecule has 4 N–H and O–H groups in total. The third-order valence-corrected chi connectivity index (χ3v) is 4.33. The van der Waals surface area contributed by atoms with Gasteiger partial charge in [0.2, 0.25) is 5.91 Å². The Hall–Kier alpha value is -1.53. The van der Waals surface area contributed by atoms with Crippen LogP contribution in [0.1, 0.15) is 19.4 Å². The highest BCUT2D eigenvalue weighted by molar-refractivity contribution is 8.01. The molecule has 1 rings (SSSR count). The second kappa shape index (κ2) is 7.31. The monoisotopic (exact) mass is 296 g/mol. The third kappa shape index (κ3) is 5.22. The predicted octanol–water partition coefficient (Wildman–Crippen LogP) is 1.23. The first-order valence-corrected chi connectivity index (χ1v) is 7.24. The second-order valence-electron chi connectivity index (χ2n) is 4.97. The van der Waals surface area contributed by atoms with E-state index in [2.05, 4.69) is 5.32 Å². The van der Waals surface area contributed by atoms with Crippen molar-refractivity contribution in [1.29, 1.82) is 0 Å². The number of carbonyl (C=O) groups is 2. The van der Waals surface area contributed by atoms with Gasteiger partial charge in [-0.1, -0.05) is 30.3 Å². The first-order valence-electron chi connectivity index (χ1n) is 6.26. The van der Waals surface area contributed by atoms with E-state index in [4.69, 9.17) is 10.8 Å². The van der Waals surface area contributed by atoms with Crippen LogP contribution in [-0.4, -0.2) is 33.5 Å². The molecule has 0 bridgehead atoms. The van der Waals surface area contributed by atoms with Crippen molar-refractivity contribution in [3.05, 3.63) is 35.9 Å². The van der Waals surface area contributed by atoms with Gasteiger partial charge in [-0.15, -0.1) is 11.8 Å². The first-order chi connectivity index (χ1) is 9.33. The Kier molecular flexibility index (Phi) is 6.04. The summed E-state index contributed by atoms with van der Waals surface area (Å²) in [5, 5.41) is 11.7. The highest BCUT2D eigenvalue weighted by atomic mass is 32.2. The van der Waals surface area contributed by atoms with Gasteiger partial charge in [0.25, 0.3) is 0 Å². The number of nitrogens with one attached hydrogen (secondary N) is 1. The number of carboxylic acids is 1. The van der Waals surface area contributed by atoms with Crippen molar-refractivity contribution in [3.8, 4) is 0 Å². The van der Waals surface area contributed by atoms with E-state index in [1.807, 2.05) is 30.3 Å². The molecule has 1 atom stereocenters. The maximum absolute atomic E-state index is 11.7. The summed E-state index contributed by atoms with van der Waals surface area (Å²) in [5.41, 5.74) is 6.61. The van der Waals surface area contributed by atoms with Gasteiger partial charge in [-0.25, -0.2) is 0 Å². The van der Waals surface area contributed by atoms with E-state index in [9.17, 15) is 9.59 Å². The summed E-state index contributed by atoms with van der Waals surface area (Å²) in [6.07, 6.45) is 0. The summed E-state index contributed by atoms with van der Waals surface area (Å²) in [6.45, 7) is 3.91. The fourth-order valence-corrected chi connectivity index (χ4v) is 2.37. The van der Waals surface area contributed by atoms with E-state index in [0.717, 1.165) is 5.56 Å². The molecule has 6 heteroatoms. The molecule has 0 radical (unpaired) electrons. The molecule has 0 aliphatic carbocycles. The fourth-order valence-electron chi connectivity index (χ4n) is 1.49. The van der Waals surface area contributed by atoms with Crippen molar-refractivity contribution in [2.24, 2.45) is 5.73 Å². The molecule has 0 saturated heterocycles. The van der Waals surface area contributed by atoms with Crippen LogP contribution in [0.5, 0.6) is 0 Å². The predicted molar refractivity (Wildman–Crippen MR) is 80.4 cm³/mol. The van der Waals surface area contributed by atoms with Gasteiger partial charge in [-0.05, 0) is 19.4 Å². The highest BCUT2D eigenvalue weighted by Gasteiger charge is 2.33. The lowest BCUT2D eigenvalue weighted by molar-refractivity contribution is -0.139. The van der Waals surface area contributed by atoms with Crippen LogP contribution in [0, 0.1) is 0 Å². The van der Waals surface area contributed by atoms with Crippen LogP contribution in [0.4, 0.5) is 0 Å². The average Bonchev–Trinajstić information content (AvgIpc) is 2.43. The van der Waals surface area contributed by atoms with Crippen molar-refractivity contribution in [3.63, 3.8) is 0 Å². The summed E-state index contributed by atoms with van der Waals surface area (Å²) in [6, 6.07) is 8.58. The molecular formula is C14H20N2O3S. The lowest BCUT2D eigenvalue weighted by Crippen LogP contribution is -2.47. The lowest BCUT2D eigenvalue weighted by Gasteiger charge is -2.27. The molecule has 1 amide bonds. The Morgan fingerprint density at radius 2 is 1.95 bits per heavy atom. The van der Waals surface area contributed by atoms with Gasteiger partial charge in [0.1, 0.15) is 6.04 Å². The standard InChI is InChI=1S/C14H20N2O3S/c1-14(2,12(15)13(18)19)20-9-11(17)16-8-10-6-4-3-5-7-10/h3-7,12H,8-9,15H2,1-2H3,(H,16,17)(H,18,19)/t12-/m1/s1. The van der Waals surface area contributed by atoms with Crippen molar-refractivity contribution in [2.45, 2.75) is 31.2 Å². The molecule has 20 heavy (non-hydrogen) atoms. The number of rotatable bonds is 7. The van der Waals surface area contributed by atoms with Crippen LogP contribution in [0.3, 0.4) is 0 Å². The minimum absolute atomic E-state index is 0.135. The molecule has 0 spiro atoms. The summed E-state index contributed by atoms with van der Waals surface area (Å²) in [7, 11) is 0. The third-order valence-electron chi connectivity index (χ3n) is 2.92. The van der Waals surface area contributed by atoms with Crippen LogP contribution >= 0.6 is 11.8 Å². The Morgan fingerprint density at radius 1 is 1.35 bits per heavy atom. The van der Waals surface area contributed by atoms with Gasteiger partial charge in [-0.3, -0.25) is 9.59 Å². The number of aliphatic carboxylic acids is 1. The molecule has 0 heterocycles. The molecular weight excluding hydrogens is 276 g/mol. The van der Waals surface area contributed by atoms with E-state index in [0.29, 0.717) is 6.54 Å². The molecule has 5 nitrogen and oxygen atoms in total. The molecule has 0 aromatic heterocycles. The minimum Gasteiger partial charge on any atom is -0.480 e. The molecule has 0 unspecified atom stereocenters. The Balaban J connectivity index is 2.38. The number of hydrogen-bond acceptors (Lipinski definition) is 4. The van der Waals surface area contributed by atoms with Crippen molar-refractivity contribution in [1.82, 2.24) is 5.32 Å². The zero-order chi connectivity index (χ0) is 15.2. The number of carbonyl (C=O) groups excluding carboxylic acids is 1. The Bertz CT molecular complexity index is 463. The molecule has 1 aromatic carbocycles. The number of benzene rings is 1. The van der Waals surface area contributed by atoms with E-state index in [-0.39, 0.29) is 11.7 Å². The number of hydrogen-bond donors (Lipinski definition) is 3. The van der Waals surface area contributed by atoms with Crippen LogP contribution in [0.2, 0.25) is 0 Å². The van der Waals surface area contributed by atoms with Crippen LogP contribution < -0.4 is 11.1 Å². The van der Waals surface area contributed by atoms with Gasteiger partial charge in [0.05, 0.1) is 5.75 Å².